The fourth-order valence-electron chi connectivity index (χ4n) is 1.87. The van der Waals surface area contributed by atoms with Gasteiger partial charge in [-0.25, -0.2) is 13.1 Å². The van der Waals surface area contributed by atoms with E-state index in [1.165, 1.54) is 0 Å². The lowest BCUT2D eigenvalue weighted by molar-refractivity contribution is -0.137. The van der Waals surface area contributed by atoms with Crippen molar-refractivity contribution in [2.75, 3.05) is 5.75 Å². The highest BCUT2D eigenvalue weighted by Crippen LogP contribution is 2.16. The van der Waals surface area contributed by atoms with Gasteiger partial charge in [0.15, 0.2) is 0 Å². The molecule has 0 amide bonds. The summed E-state index contributed by atoms with van der Waals surface area (Å²) in [5, 5.41) is 8.61. The number of hydrogen-bond acceptors (Lipinski definition) is 3. The van der Waals surface area contributed by atoms with E-state index < -0.39 is 22.0 Å². The molecule has 0 saturated carbocycles. The van der Waals surface area contributed by atoms with Crippen LogP contribution in [0.5, 0.6) is 0 Å². The van der Waals surface area contributed by atoms with Crippen LogP contribution in [0.3, 0.4) is 0 Å². The lowest BCUT2D eigenvalue weighted by atomic mass is 10.0. The van der Waals surface area contributed by atoms with E-state index in [1.807, 2.05) is 37.3 Å². The molecule has 1 rings (SSSR count). The van der Waals surface area contributed by atoms with Crippen LogP contribution in [0.15, 0.2) is 30.3 Å². The third-order valence-electron chi connectivity index (χ3n) is 2.70. The molecular weight excluding hydrogens is 266 g/mol. The number of aliphatic carboxylic acids is 1. The Morgan fingerprint density at radius 1 is 1.26 bits per heavy atom. The zero-order valence-electron chi connectivity index (χ0n) is 11.0. The van der Waals surface area contributed by atoms with Gasteiger partial charge in [-0.05, 0) is 18.4 Å². The van der Waals surface area contributed by atoms with Gasteiger partial charge in [0.2, 0.25) is 10.0 Å². The van der Waals surface area contributed by atoms with E-state index in [0.29, 0.717) is 0 Å². The van der Waals surface area contributed by atoms with E-state index >= 15 is 0 Å². The molecule has 2 atom stereocenters. The standard InChI is InChI=1S/C13H19NO4S/c1-10(12-6-4-3-5-7-12)9-19(17,18)14-11(2)8-13(15)16/h3-7,10-11,14H,8-9H2,1-2H3,(H,15,16). The average molecular weight is 285 g/mol. The van der Waals surface area contributed by atoms with Crippen molar-refractivity contribution in [2.24, 2.45) is 0 Å². The minimum atomic E-state index is -3.49. The Balaban J connectivity index is 2.62. The van der Waals surface area contributed by atoms with Gasteiger partial charge in [0, 0.05) is 6.04 Å². The van der Waals surface area contributed by atoms with Crippen molar-refractivity contribution >= 4 is 16.0 Å². The van der Waals surface area contributed by atoms with Crippen molar-refractivity contribution in [2.45, 2.75) is 32.2 Å². The molecule has 5 nitrogen and oxygen atoms in total. The van der Waals surface area contributed by atoms with Gasteiger partial charge in [-0.3, -0.25) is 4.79 Å². The van der Waals surface area contributed by atoms with Gasteiger partial charge in [-0.1, -0.05) is 37.3 Å². The molecule has 0 aliphatic carbocycles. The van der Waals surface area contributed by atoms with E-state index in [1.54, 1.807) is 6.92 Å². The van der Waals surface area contributed by atoms with Gasteiger partial charge in [0.25, 0.3) is 0 Å². The topological polar surface area (TPSA) is 83.5 Å². The summed E-state index contributed by atoms with van der Waals surface area (Å²) in [6, 6.07) is 8.74. The van der Waals surface area contributed by atoms with Crippen LogP contribution in [-0.2, 0) is 14.8 Å². The molecule has 0 saturated heterocycles. The summed E-state index contributed by atoms with van der Waals surface area (Å²) in [4.78, 5) is 10.5. The van der Waals surface area contributed by atoms with Crippen LogP contribution >= 0.6 is 0 Å². The smallest absolute Gasteiger partial charge is 0.304 e. The summed E-state index contributed by atoms with van der Waals surface area (Å²) in [5.41, 5.74) is 0.943. The first kappa shape index (κ1) is 15.7. The molecule has 19 heavy (non-hydrogen) atoms. The van der Waals surface area contributed by atoms with E-state index in [2.05, 4.69) is 4.72 Å². The quantitative estimate of drug-likeness (QED) is 0.796. The van der Waals surface area contributed by atoms with E-state index in [-0.39, 0.29) is 18.1 Å². The fraction of sp³-hybridized carbons (Fsp3) is 0.462. The number of hydrogen-bond donors (Lipinski definition) is 2. The zero-order valence-corrected chi connectivity index (χ0v) is 11.9. The molecule has 0 spiro atoms. The summed E-state index contributed by atoms with van der Waals surface area (Å²) < 4.78 is 26.2. The molecule has 0 fully saturated rings. The Hall–Kier alpha value is -1.40. The minimum absolute atomic E-state index is 0.0546. The lowest BCUT2D eigenvalue weighted by Crippen LogP contribution is -2.36. The number of rotatable bonds is 7. The molecule has 1 aromatic carbocycles. The average Bonchev–Trinajstić information content (AvgIpc) is 2.27. The molecule has 6 heteroatoms. The van der Waals surface area contributed by atoms with Gasteiger partial charge in [-0.2, -0.15) is 0 Å². The van der Waals surface area contributed by atoms with Crippen LogP contribution in [0.25, 0.3) is 0 Å². The predicted molar refractivity (Wildman–Crippen MR) is 73.5 cm³/mol. The number of carboxylic acid groups (broad SMARTS) is 1. The number of carbonyl (C=O) groups is 1. The van der Waals surface area contributed by atoms with Crippen molar-refractivity contribution < 1.29 is 18.3 Å². The molecule has 0 aliphatic heterocycles. The Labute approximate surface area is 113 Å². The Bertz CT molecular complexity index is 513. The highest BCUT2D eigenvalue weighted by Gasteiger charge is 2.20. The fourth-order valence-corrected chi connectivity index (χ4v) is 3.51. The molecule has 0 aromatic heterocycles. The predicted octanol–water partition coefficient (Wildman–Crippen LogP) is 1.57. The summed E-state index contributed by atoms with van der Waals surface area (Å²) in [6.07, 6.45) is -0.223. The highest BCUT2D eigenvalue weighted by molar-refractivity contribution is 7.89. The number of benzene rings is 1. The molecular formula is C13H19NO4S. The van der Waals surface area contributed by atoms with Gasteiger partial charge in [0.1, 0.15) is 0 Å². The molecule has 106 valence electrons. The summed E-state index contributed by atoms with van der Waals surface area (Å²) in [5.74, 6) is -1.22. The first-order chi connectivity index (χ1) is 8.80. The normalized spacial score (nSPS) is 14.8. The van der Waals surface area contributed by atoms with E-state index in [9.17, 15) is 13.2 Å². The maximum Gasteiger partial charge on any atom is 0.304 e. The Morgan fingerprint density at radius 2 is 1.84 bits per heavy atom. The second-order valence-corrected chi connectivity index (χ2v) is 6.51. The van der Waals surface area contributed by atoms with E-state index in [4.69, 9.17) is 5.11 Å². The molecule has 0 heterocycles. The second kappa shape index (κ2) is 6.68. The number of carboxylic acids is 1. The molecule has 2 unspecified atom stereocenters. The summed E-state index contributed by atoms with van der Waals surface area (Å²) >= 11 is 0. The molecule has 0 bridgehead atoms. The van der Waals surface area contributed by atoms with Crippen molar-refractivity contribution in [1.82, 2.24) is 4.72 Å². The van der Waals surface area contributed by atoms with Crippen LogP contribution < -0.4 is 4.72 Å². The lowest BCUT2D eigenvalue weighted by Gasteiger charge is -2.16. The number of sulfonamides is 1. The van der Waals surface area contributed by atoms with Crippen LogP contribution in [0.1, 0.15) is 31.7 Å². The Kier molecular flexibility index (Phi) is 5.50. The second-order valence-electron chi connectivity index (χ2n) is 4.71. The maximum atomic E-state index is 11.9. The van der Waals surface area contributed by atoms with Crippen molar-refractivity contribution in [3.8, 4) is 0 Å². The summed E-state index contributed by atoms with van der Waals surface area (Å²) in [7, 11) is -3.49. The van der Waals surface area contributed by atoms with Crippen molar-refractivity contribution in [1.29, 1.82) is 0 Å². The van der Waals surface area contributed by atoms with Gasteiger partial charge in [-0.15, -0.1) is 0 Å². The maximum absolute atomic E-state index is 11.9. The van der Waals surface area contributed by atoms with Crippen LogP contribution in [0, 0.1) is 0 Å². The zero-order chi connectivity index (χ0) is 14.5. The first-order valence-corrected chi connectivity index (χ1v) is 7.72. The van der Waals surface area contributed by atoms with Crippen LogP contribution in [0.2, 0.25) is 0 Å². The van der Waals surface area contributed by atoms with Crippen LogP contribution in [0.4, 0.5) is 0 Å². The SMILES string of the molecule is CC(CC(=O)O)NS(=O)(=O)CC(C)c1ccccc1. The Morgan fingerprint density at radius 3 is 2.37 bits per heavy atom. The number of nitrogens with one attached hydrogen (secondary N) is 1. The first-order valence-electron chi connectivity index (χ1n) is 6.07. The molecule has 0 aliphatic rings. The monoisotopic (exact) mass is 285 g/mol. The van der Waals surface area contributed by atoms with Gasteiger partial charge < -0.3 is 5.11 Å². The molecule has 2 N–H and O–H groups in total. The van der Waals surface area contributed by atoms with Crippen LogP contribution in [-0.4, -0.2) is 31.3 Å². The highest BCUT2D eigenvalue weighted by atomic mass is 32.2. The third kappa shape index (κ3) is 5.85. The van der Waals surface area contributed by atoms with Gasteiger partial charge in [0.05, 0.1) is 12.2 Å². The molecule has 1 aromatic rings. The third-order valence-corrected chi connectivity index (χ3v) is 4.40. The van der Waals surface area contributed by atoms with E-state index in [0.717, 1.165) is 5.56 Å². The largest absolute Gasteiger partial charge is 0.481 e. The minimum Gasteiger partial charge on any atom is -0.481 e. The van der Waals surface area contributed by atoms with Gasteiger partial charge >= 0.3 is 5.97 Å². The molecule has 0 radical (unpaired) electrons. The van der Waals surface area contributed by atoms with Crippen molar-refractivity contribution in [3.05, 3.63) is 35.9 Å². The van der Waals surface area contributed by atoms with Crippen molar-refractivity contribution in [3.63, 3.8) is 0 Å². The summed E-state index contributed by atoms with van der Waals surface area (Å²) in [6.45, 7) is 3.37.